The van der Waals surface area contributed by atoms with Gasteiger partial charge in [0.05, 0.1) is 11.4 Å². The topological polar surface area (TPSA) is 72.7 Å². The average molecular weight is 388 g/mol. The van der Waals surface area contributed by atoms with E-state index >= 15 is 0 Å². The molecule has 0 radical (unpaired) electrons. The highest BCUT2D eigenvalue weighted by molar-refractivity contribution is 8.00. The highest BCUT2D eigenvalue weighted by Gasteiger charge is 2.14. The molecule has 0 aliphatic rings. The quantitative estimate of drug-likeness (QED) is 0.670. The minimum atomic E-state index is -0.134. The Labute approximate surface area is 161 Å². The van der Waals surface area contributed by atoms with Crippen LogP contribution in [0.5, 0.6) is 0 Å². The molecule has 3 rings (SSSR count). The zero-order chi connectivity index (χ0) is 18.7. The molecule has 0 aliphatic carbocycles. The van der Waals surface area contributed by atoms with Gasteiger partial charge in [0.15, 0.2) is 5.82 Å². The third kappa shape index (κ3) is 4.05. The summed E-state index contributed by atoms with van der Waals surface area (Å²) in [7, 11) is 0. The maximum atomic E-state index is 12.3. The lowest BCUT2D eigenvalue weighted by atomic mass is 10.2. The Morgan fingerprint density at radius 3 is 2.73 bits per heavy atom. The largest absolute Gasteiger partial charge is 0.325 e. The van der Waals surface area contributed by atoms with Crippen LogP contribution in [0.25, 0.3) is 5.82 Å². The molecule has 2 heterocycles. The number of thioether (sulfide) groups is 1. The van der Waals surface area contributed by atoms with E-state index in [1.165, 1.54) is 11.8 Å². The minimum Gasteiger partial charge on any atom is -0.325 e. The second kappa shape index (κ2) is 7.88. The number of aryl methyl sites for hydroxylation is 2. The maximum absolute atomic E-state index is 12.3. The van der Waals surface area contributed by atoms with E-state index in [-0.39, 0.29) is 11.7 Å². The number of amides is 1. The van der Waals surface area contributed by atoms with Gasteiger partial charge in [-0.05, 0) is 44.5 Å². The van der Waals surface area contributed by atoms with Gasteiger partial charge in [0.1, 0.15) is 5.03 Å². The fraction of sp³-hybridized carbons (Fsp3) is 0.222. The van der Waals surface area contributed by atoms with E-state index in [0.29, 0.717) is 21.6 Å². The number of carbonyl (C=O) groups is 1. The normalized spacial score (nSPS) is 10.8. The molecular weight excluding hydrogens is 370 g/mol. The molecule has 0 bridgehead atoms. The summed E-state index contributed by atoms with van der Waals surface area (Å²) in [5.41, 5.74) is 3.42. The Bertz CT molecular complexity index is 957. The number of halogens is 1. The van der Waals surface area contributed by atoms with Crippen LogP contribution in [0.15, 0.2) is 41.7 Å². The Hall–Kier alpha value is -2.38. The van der Waals surface area contributed by atoms with Gasteiger partial charge in [0, 0.05) is 28.8 Å². The van der Waals surface area contributed by atoms with Crippen molar-refractivity contribution in [3.8, 4) is 5.82 Å². The van der Waals surface area contributed by atoms with Gasteiger partial charge < -0.3 is 5.32 Å². The summed E-state index contributed by atoms with van der Waals surface area (Å²) in [5.74, 6) is 0.692. The predicted molar refractivity (Wildman–Crippen MR) is 104 cm³/mol. The molecule has 1 N–H and O–H groups in total. The highest BCUT2D eigenvalue weighted by atomic mass is 35.5. The summed E-state index contributed by atoms with van der Waals surface area (Å²) in [6, 6.07) is 7.40. The summed E-state index contributed by atoms with van der Waals surface area (Å²) in [5, 5.41) is 8.60. The fourth-order valence-electron chi connectivity index (χ4n) is 2.47. The maximum Gasteiger partial charge on any atom is 0.234 e. The lowest BCUT2D eigenvalue weighted by Gasteiger charge is -2.10. The number of anilines is 1. The summed E-state index contributed by atoms with van der Waals surface area (Å²) in [6.07, 6.45) is 3.22. The monoisotopic (exact) mass is 387 g/mol. The van der Waals surface area contributed by atoms with Gasteiger partial charge >= 0.3 is 0 Å². The average Bonchev–Trinajstić information content (AvgIpc) is 2.95. The van der Waals surface area contributed by atoms with Crippen molar-refractivity contribution in [2.75, 3.05) is 11.1 Å². The summed E-state index contributed by atoms with van der Waals surface area (Å²) < 4.78 is 1.74. The molecule has 1 aromatic carbocycles. The van der Waals surface area contributed by atoms with Gasteiger partial charge in [-0.15, -0.1) is 0 Å². The zero-order valence-electron chi connectivity index (χ0n) is 14.7. The van der Waals surface area contributed by atoms with Crippen LogP contribution in [0.2, 0.25) is 5.02 Å². The first-order valence-corrected chi connectivity index (χ1v) is 9.34. The van der Waals surface area contributed by atoms with Crippen LogP contribution >= 0.6 is 23.4 Å². The Morgan fingerprint density at radius 2 is 2.00 bits per heavy atom. The molecule has 26 heavy (non-hydrogen) atoms. The van der Waals surface area contributed by atoms with E-state index in [1.54, 1.807) is 23.1 Å². The lowest BCUT2D eigenvalue weighted by Crippen LogP contribution is -2.15. The number of benzene rings is 1. The Kier molecular flexibility index (Phi) is 5.58. The van der Waals surface area contributed by atoms with Gasteiger partial charge in [-0.3, -0.25) is 4.79 Å². The number of nitrogens with one attached hydrogen (secondary N) is 1. The molecule has 0 saturated carbocycles. The van der Waals surface area contributed by atoms with Gasteiger partial charge in [-0.2, -0.15) is 5.10 Å². The van der Waals surface area contributed by atoms with Crippen molar-refractivity contribution >= 4 is 35.0 Å². The third-order valence-corrected chi connectivity index (χ3v) is 5.12. The first kappa shape index (κ1) is 18.4. The number of rotatable bonds is 5. The van der Waals surface area contributed by atoms with Gasteiger partial charge in [0.2, 0.25) is 5.91 Å². The number of hydrogen-bond donors (Lipinski definition) is 1. The van der Waals surface area contributed by atoms with E-state index in [1.807, 2.05) is 39.0 Å². The van der Waals surface area contributed by atoms with Crippen LogP contribution < -0.4 is 5.32 Å². The molecule has 0 aliphatic heterocycles. The molecule has 0 unspecified atom stereocenters. The minimum absolute atomic E-state index is 0.134. The molecule has 0 atom stereocenters. The van der Waals surface area contributed by atoms with Crippen LogP contribution in [0.3, 0.4) is 0 Å². The predicted octanol–water partition coefficient (Wildman–Crippen LogP) is 3.97. The first-order chi connectivity index (χ1) is 12.5. The fourth-order valence-corrected chi connectivity index (χ4v) is 3.39. The van der Waals surface area contributed by atoms with Gasteiger partial charge in [-0.1, -0.05) is 29.4 Å². The van der Waals surface area contributed by atoms with E-state index in [9.17, 15) is 4.79 Å². The molecular formula is C18H18ClN5OS. The SMILES string of the molecule is Cc1cc(C)n(-c2nccnc2SCC(=O)Nc2cccc(Cl)c2C)n1. The van der Waals surface area contributed by atoms with Crippen molar-refractivity contribution in [2.24, 2.45) is 0 Å². The molecule has 0 fully saturated rings. The van der Waals surface area contributed by atoms with Crippen molar-refractivity contribution < 1.29 is 4.79 Å². The Morgan fingerprint density at radius 1 is 1.23 bits per heavy atom. The molecule has 0 saturated heterocycles. The number of aromatic nitrogens is 4. The molecule has 8 heteroatoms. The second-order valence-electron chi connectivity index (χ2n) is 5.77. The Balaban J connectivity index is 1.73. The smallest absolute Gasteiger partial charge is 0.234 e. The van der Waals surface area contributed by atoms with E-state index in [4.69, 9.17) is 11.6 Å². The number of nitrogens with zero attached hydrogens (tertiary/aromatic N) is 4. The van der Waals surface area contributed by atoms with Gasteiger partial charge in [0.25, 0.3) is 0 Å². The highest BCUT2D eigenvalue weighted by Crippen LogP contribution is 2.25. The van der Waals surface area contributed by atoms with E-state index in [2.05, 4.69) is 20.4 Å². The lowest BCUT2D eigenvalue weighted by molar-refractivity contribution is -0.113. The molecule has 2 aromatic heterocycles. The van der Waals surface area contributed by atoms with Crippen LogP contribution in [-0.4, -0.2) is 31.4 Å². The molecule has 1 amide bonds. The van der Waals surface area contributed by atoms with Crippen LogP contribution in [0.4, 0.5) is 5.69 Å². The molecule has 6 nitrogen and oxygen atoms in total. The molecule has 0 spiro atoms. The van der Waals surface area contributed by atoms with Gasteiger partial charge in [-0.25, -0.2) is 14.6 Å². The summed E-state index contributed by atoms with van der Waals surface area (Å²) in [4.78, 5) is 21.1. The molecule has 134 valence electrons. The van der Waals surface area contributed by atoms with Crippen molar-refractivity contribution in [2.45, 2.75) is 25.8 Å². The second-order valence-corrected chi connectivity index (χ2v) is 7.14. The van der Waals surface area contributed by atoms with Crippen LogP contribution in [0.1, 0.15) is 17.0 Å². The van der Waals surface area contributed by atoms with Crippen LogP contribution in [-0.2, 0) is 4.79 Å². The van der Waals surface area contributed by atoms with E-state index < -0.39 is 0 Å². The van der Waals surface area contributed by atoms with Crippen molar-refractivity contribution in [3.63, 3.8) is 0 Å². The van der Waals surface area contributed by atoms with Crippen molar-refractivity contribution in [1.82, 2.24) is 19.7 Å². The standard InChI is InChI=1S/C18H18ClN5OS/c1-11-9-12(2)24(23-11)17-18(21-8-7-20-17)26-10-16(25)22-15-6-4-5-14(19)13(15)3/h4-9H,10H2,1-3H3,(H,22,25). The summed E-state index contributed by atoms with van der Waals surface area (Å²) in [6.45, 7) is 5.75. The third-order valence-electron chi connectivity index (χ3n) is 3.74. The molecule has 3 aromatic rings. The van der Waals surface area contributed by atoms with E-state index in [0.717, 1.165) is 17.0 Å². The van der Waals surface area contributed by atoms with Crippen molar-refractivity contribution in [1.29, 1.82) is 0 Å². The zero-order valence-corrected chi connectivity index (χ0v) is 16.2. The van der Waals surface area contributed by atoms with Crippen molar-refractivity contribution in [3.05, 3.63) is 58.6 Å². The van der Waals surface area contributed by atoms with Crippen LogP contribution in [0, 0.1) is 20.8 Å². The summed E-state index contributed by atoms with van der Waals surface area (Å²) >= 11 is 7.41. The number of carbonyl (C=O) groups excluding carboxylic acids is 1. The first-order valence-electron chi connectivity index (χ1n) is 7.98. The number of hydrogen-bond acceptors (Lipinski definition) is 5.